The van der Waals surface area contributed by atoms with Crippen LogP contribution in [-0.4, -0.2) is 38.4 Å². The Kier molecular flexibility index (Phi) is 6.91. The maximum absolute atomic E-state index is 5.49. The van der Waals surface area contributed by atoms with Crippen LogP contribution in [0.2, 0.25) is 0 Å². The topological polar surface area (TPSA) is 82.3 Å². The van der Waals surface area contributed by atoms with Crippen molar-refractivity contribution in [3.8, 4) is 0 Å². The van der Waals surface area contributed by atoms with Gasteiger partial charge in [0.2, 0.25) is 5.95 Å². The summed E-state index contributed by atoms with van der Waals surface area (Å²) < 4.78 is 0. The van der Waals surface area contributed by atoms with Crippen molar-refractivity contribution >= 4 is 17.3 Å². The van der Waals surface area contributed by atoms with Crippen LogP contribution in [0.25, 0.3) is 5.70 Å². The average Bonchev–Trinajstić information content (AvgIpc) is 3.26. The summed E-state index contributed by atoms with van der Waals surface area (Å²) in [6, 6.07) is 9.03. The smallest absolute Gasteiger partial charge is 0.227 e. The zero-order chi connectivity index (χ0) is 23.4. The van der Waals surface area contributed by atoms with Crippen LogP contribution < -0.4 is 16.6 Å². The maximum Gasteiger partial charge on any atom is 0.227 e. The number of piperidine rings is 1. The molecular formula is C26H33N7. The van der Waals surface area contributed by atoms with Gasteiger partial charge in [0.25, 0.3) is 0 Å². The first-order valence-electron chi connectivity index (χ1n) is 11.3. The van der Waals surface area contributed by atoms with Gasteiger partial charge >= 0.3 is 0 Å². The number of nitrogens with one attached hydrogen (secondary N) is 2. The highest BCUT2D eigenvalue weighted by molar-refractivity contribution is 5.64. The van der Waals surface area contributed by atoms with Crippen LogP contribution in [0.1, 0.15) is 36.6 Å². The van der Waals surface area contributed by atoms with E-state index in [1.165, 1.54) is 5.56 Å². The first-order chi connectivity index (χ1) is 16.0. The second-order valence-corrected chi connectivity index (χ2v) is 8.70. The van der Waals surface area contributed by atoms with Gasteiger partial charge in [-0.3, -0.25) is 10.7 Å². The average molecular weight is 444 g/mol. The largest absolute Gasteiger partial charge is 0.369 e. The summed E-state index contributed by atoms with van der Waals surface area (Å²) in [6.07, 6.45) is 9.53. The molecule has 0 saturated carbocycles. The normalized spacial score (nSPS) is 20.5. The molecule has 1 fully saturated rings. The number of benzene rings is 1. The number of nitrogen functional groups attached to an aromatic ring is 1. The SMILES string of the molecule is C=C/C=C\C(=C)Nc1ncc2c(n1)CN([C@H]1CCN(C(=C)c3ccc(NN)cc3)[C@H](C)C1)C2. The summed E-state index contributed by atoms with van der Waals surface area (Å²) in [5.41, 5.74) is 8.81. The van der Waals surface area contributed by atoms with Crippen LogP contribution in [0.15, 0.2) is 74.1 Å². The van der Waals surface area contributed by atoms with Gasteiger partial charge in [0.05, 0.1) is 5.69 Å². The van der Waals surface area contributed by atoms with Gasteiger partial charge in [-0.1, -0.05) is 44.0 Å². The van der Waals surface area contributed by atoms with E-state index >= 15 is 0 Å². The van der Waals surface area contributed by atoms with Crippen molar-refractivity contribution in [1.29, 1.82) is 0 Å². The van der Waals surface area contributed by atoms with Crippen molar-refractivity contribution in [1.82, 2.24) is 19.8 Å². The molecule has 33 heavy (non-hydrogen) atoms. The number of rotatable bonds is 8. The van der Waals surface area contributed by atoms with Crippen molar-refractivity contribution in [2.24, 2.45) is 5.84 Å². The van der Waals surface area contributed by atoms with Crippen LogP contribution in [0.5, 0.6) is 0 Å². The van der Waals surface area contributed by atoms with E-state index in [1.54, 1.807) is 6.08 Å². The standard InChI is InChI=1S/C26H33N7/c1-5-6-7-18(2)29-26-28-15-22-16-32(17-25(22)30-26)24-12-13-33(19(3)14-24)20(4)21-8-10-23(31-27)11-9-21/h5-11,15,19,24,31H,1-2,4,12-14,16-17,27H2,3H3,(H,28,29,30)/b7-6-/t19-,24+/m1/s1. The quantitative estimate of drug-likeness (QED) is 0.319. The molecule has 0 spiro atoms. The third-order valence-electron chi connectivity index (χ3n) is 6.48. The van der Waals surface area contributed by atoms with Crippen LogP contribution in [0, 0.1) is 0 Å². The van der Waals surface area contributed by atoms with Gasteiger partial charge < -0.3 is 15.6 Å². The van der Waals surface area contributed by atoms with Crippen LogP contribution in [-0.2, 0) is 13.1 Å². The first kappa shape index (κ1) is 22.8. The Bertz CT molecular complexity index is 1060. The molecule has 0 radical (unpaired) electrons. The molecule has 0 unspecified atom stereocenters. The molecule has 4 N–H and O–H groups in total. The Balaban J connectivity index is 1.36. The lowest BCUT2D eigenvalue weighted by Gasteiger charge is -2.43. The minimum atomic E-state index is 0.413. The maximum atomic E-state index is 5.49. The van der Waals surface area contributed by atoms with E-state index in [0.717, 1.165) is 60.8 Å². The molecule has 7 heteroatoms. The van der Waals surface area contributed by atoms with Gasteiger partial charge in [-0.05, 0) is 43.5 Å². The summed E-state index contributed by atoms with van der Waals surface area (Å²) in [5.74, 6) is 6.07. The molecular weight excluding hydrogens is 410 g/mol. The molecule has 172 valence electrons. The predicted molar refractivity (Wildman–Crippen MR) is 136 cm³/mol. The fourth-order valence-electron chi connectivity index (χ4n) is 4.67. The molecule has 2 aromatic rings. The third-order valence-corrected chi connectivity index (χ3v) is 6.48. The summed E-state index contributed by atoms with van der Waals surface area (Å²) in [6.45, 7) is 17.1. The third kappa shape index (κ3) is 5.16. The number of hydrazine groups is 1. The van der Waals surface area contributed by atoms with Crippen LogP contribution >= 0.6 is 0 Å². The first-order valence-corrected chi connectivity index (χ1v) is 11.3. The van der Waals surface area contributed by atoms with Crippen molar-refractivity contribution < 1.29 is 0 Å². The van der Waals surface area contributed by atoms with E-state index < -0.39 is 0 Å². The fraction of sp³-hybridized carbons (Fsp3) is 0.308. The Morgan fingerprint density at radius 3 is 2.70 bits per heavy atom. The number of nitrogens with zero attached hydrogens (tertiary/aromatic N) is 4. The second-order valence-electron chi connectivity index (χ2n) is 8.70. The van der Waals surface area contributed by atoms with Gasteiger partial charge in [-0.2, -0.15) is 0 Å². The number of nitrogens with two attached hydrogens (primary N) is 1. The number of allylic oxidation sites excluding steroid dienone is 3. The predicted octanol–water partition coefficient (Wildman–Crippen LogP) is 4.27. The van der Waals surface area contributed by atoms with Crippen molar-refractivity contribution in [2.75, 3.05) is 17.3 Å². The van der Waals surface area contributed by atoms with E-state index in [1.807, 2.05) is 30.5 Å². The molecule has 0 amide bonds. The number of anilines is 2. The molecule has 2 aliphatic rings. The van der Waals surface area contributed by atoms with E-state index in [-0.39, 0.29) is 0 Å². The van der Waals surface area contributed by atoms with Gasteiger partial charge in [0, 0.05) is 60.6 Å². The van der Waals surface area contributed by atoms with E-state index in [4.69, 9.17) is 10.8 Å². The lowest BCUT2D eigenvalue weighted by Crippen LogP contribution is -2.46. The second kappa shape index (κ2) is 10.0. The summed E-state index contributed by atoms with van der Waals surface area (Å²) >= 11 is 0. The Morgan fingerprint density at radius 2 is 2.00 bits per heavy atom. The molecule has 4 rings (SSSR count). The Morgan fingerprint density at radius 1 is 1.21 bits per heavy atom. The molecule has 2 atom stereocenters. The Hall–Kier alpha value is -3.42. The minimum absolute atomic E-state index is 0.413. The fourth-order valence-corrected chi connectivity index (χ4v) is 4.67. The van der Waals surface area contributed by atoms with Gasteiger partial charge in [0.15, 0.2) is 0 Å². The van der Waals surface area contributed by atoms with Gasteiger partial charge in [0.1, 0.15) is 0 Å². The number of likely N-dealkylation sites (tertiary alicyclic amines) is 1. The number of fused-ring (bicyclic) bond motifs is 1. The molecule has 3 heterocycles. The molecule has 1 saturated heterocycles. The van der Waals surface area contributed by atoms with Crippen LogP contribution in [0.4, 0.5) is 11.6 Å². The summed E-state index contributed by atoms with van der Waals surface area (Å²) in [4.78, 5) is 14.2. The van der Waals surface area contributed by atoms with E-state index in [2.05, 4.69) is 64.3 Å². The molecule has 7 nitrogen and oxygen atoms in total. The minimum Gasteiger partial charge on any atom is -0.369 e. The summed E-state index contributed by atoms with van der Waals surface area (Å²) in [5, 5.41) is 3.15. The summed E-state index contributed by atoms with van der Waals surface area (Å²) in [7, 11) is 0. The zero-order valence-corrected chi connectivity index (χ0v) is 19.3. The molecule has 0 aliphatic carbocycles. The Labute approximate surface area is 196 Å². The number of hydrogen-bond acceptors (Lipinski definition) is 7. The highest BCUT2D eigenvalue weighted by Gasteiger charge is 2.33. The molecule has 1 aromatic heterocycles. The zero-order valence-electron chi connectivity index (χ0n) is 19.3. The lowest BCUT2D eigenvalue weighted by molar-refractivity contribution is 0.102. The highest BCUT2D eigenvalue weighted by Crippen LogP contribution is 2.33. The van der Waals surface area contributed by atoms with Crippen molar-refractivity contribution in [2.45, 2.75) is 44.9 Å². The number of aromatic nitrogens is 2. The van der Waals surface area contributed by atoms with E-state index in [9.17, 15) is 0 Å². The van der Waals surface area contributed by atoms with E-state index in [0.29, 0.717) is 18.0 Å². The van der Waals surface area contributed by atoms with Gasteiger partial charge in [-0.25, -0.2) is 9.97 Å². The lowest BCUT2D eigenvalue weighted by atomic mass is 9.95. The molecule has 2 aliphatic heterocycles. The van der Waals surface area contributed by atoms with Crippen molar-refractivity contribution in [3.63, 3.8) is 0 Å². The molecule has 0 bridgehead atoms. The highest BCUT2D eigenvalue weighted by atomic mass is 15.2. The van der Waals surface area contributed by atoms with Crippen LogP contribution in [0.3, 0.4) is 0 Å². The van der Waals surface area contributed by atoms with Crippen molar-refractivity contribution in [3.05, 3.63) is 90.9 Å². The molecule has 1 aromatic carbocycles. The number of hydrogen-bond donors (Lipinski definition) is 3. The monoisotopic (exact) mass is 443 g/mol. The van der Waals surface area contributed by atoms with Gasteiger partial charge in [-0.15, -0.1) is 0 Å².